The molecule has 0 saturated heterocycles. The van der Waals surface area contributed by atoms with E-state index < -0.39 is 0 Å². The Morgan fingerprint density at radius 1 is 1.31 bits per heavy atom. The monoisotopic (exact) mass is 216 g/mol. The third-order valence-corrected chi connectivity index (χ3v) is 4.36. The highest BCUT2D eigenvalue weighted by Crippen LogP contribution is 2.49. The van der Waals surface area contributed by atoms with Crippen LogP contribution in [0.1, 0.15) is 37.0 Å². The number of ether oxygens (including phenoxy) is 1. The molecule has 0 aromatic heterocycles. The summed E-state index contributed by atoms with van der Waals surface area (Å²) in [6, 6.07) is 7.61. The van der Waals surface area contributed by atoms with Gasteiger partial charge in [-0.1, -0.05) is 19.1 Å². The highest BCUT2D eigenvalue weighted by atomic mass is 16.5. The van der Waals surface area contributed by atoms with E-state index in [1.54, 1.807) is 0 Å². The molecule has 84 valence electrons. The van der Waals surface area contributed by atoms with Crippen LogP contribution in [0.3, 0.4) is 0 Å². The smallest absolute Gasteiger partial charge is 0.173 e. The van der Waals surface area contributed by atoms with Gasteiger partial charge in [0.25, 0.3) is 0 Å². The molecular weight excluding hydrogens is 200 g/mol. The van der Waals surface area contributed by atoms with Gasteiger partial charge in [0.15, 0.2) is 5.78 Å². The van der Waals surface area contributed by atoms with E-state index in [0.29, 0.717) is 5.92 Å². The largest absolute Gasteiger partial charge is 0.486 e. The predicted octanol–water partition coefficient (Wildman–Crippen LogP) is 3.07. The summed E-state index contributed by atoms with van der Waals surface area (Å²) < 4.78 is 6.11. The number of fused-ring (bicyclic) bond motifs is 2. The van der Waals surface area contributed by atoms with Crippen LogP contribution in [-0.4, -0.2) is 11.4 Å². The molecule has 1 saturated carbocycles. The van der Waals surface area contributed by atoms with Gasteiger partial charge in [-0.2, -0.15) is 0 Å². The number of ketones is 1. The van der Waals surface area contributed by atoms with Gasteiger partial charge in [0.1, 0.15) is 11.4 Å². The molecule has 0 radical (unpaired) electrons. The number of benzene rings is 1. The van der Waals surface area contributed by atoms with Crippen LogP contribution in [0.5, 0.6) is 5.75 Å². The van der Waals surface area contributed by atoms with Crippen molar-refractivity contribution >= 4 is 5.78 Å². The van der Waals surface area contributed by atoms with Crippen molar-refractivity contribution in [2.45, 2.75) is 32.3 Å². The van der Waals surface area contributed by atoms with Gasteiger partial charge in [-0.25, -0.2) is 0 Å². The first-order valence-electron chi connectivity index (χ1n) is 5.95. The minimum Gasteiger partial charge on any atom is -0.486 e. The zero-order valence-electron chi connectivity index (χ0n) is 9.69. The Morgan fingerprint density at radius 2 is 2.06 bits per heavy atom. The number of rotatable bonds is 0. The molecule has 0 spiro atoms. The first kappa shape index (κ1) is 9.88. The second-order valence-electron chi connectivity index (χ2n) is 5.18. The van der Waals surface area contributed by atoms with Crippen LogP contribution < -0.4 is 4.74 Å². The maximum atomic E-state index is 12.4. The first-order chi connectivity index (χ1) is 7.63. The number of carbonyl (C=O) groups is 1. The fraction of sp³-hybridized carbons (Fsp3) is 0.500. The molecule has 2 heteroatoms. The van der Waals surface area contributed by atoms with E-state index in [9.17, 15) is 4.79 Å². The number of para-hydroxylation sites is 1. The third-order valence-electron chi connectivity index (χ3n) is 4.36. The van der Waals surface area contributed by atoms with Gasteiger partial charge in [0.2, 0.25) is 0 Å². The zero-order chi connectivity index (χ0) is 11.3. The Morgan fingerprint density at radius 3 is 2.88 bits per heavy atom. The number of carbonyl (C=O) groups excluding carboxylic acids is 1. The van der Waals surface area contributed by atoms with Gasteiger partial charge in [0.05, 0.1) is 11.5 Å². The first-order valence-corrected chi connectivity index (χ1v) is 5.95. The fourth-order valence-corrected chi connectivity index (χ4v) is 3.08. The molecule has 1 fully saturated rings. The van der Waals surface area contributed by atoms with Crippen molar-refractivity contribution in [1.29, 1.82) is 0 Å². The van der Waals surface area contributed by atoms with E-state index in [2.05, 4.69) is 13.8 Å². The van der Waals surface area contributed by atoms with Gasteiger partial charge >= 0.3 is 0 Å². The van der Waals surface area contributed by atoms with E-state index >= 15 is 0 Å². The zero-order valence-corrected chi connectivity index (χ0v) is 9.69. The summed E-state index contributed by atoms with van der Waals surface area (Å²) in [5, 5.41) is 0. The Hall–Kier alpha value is -1.31. The second kappa shape index (κ2) is 3.09. The molecule has 3 atom stereocenters. The van der Waals surface area contributed by atoms with Crippen molar-refractivity contribution in [2.24, 2.45) is 11.8 Å². The molecule has 16 heavy (non-hydrogen) atoms. The Labute approximate surface area is 95.6 Å². The predicted molar refractivity (Wildman–Crippen MR) is 61.7 cm³/mol. The van der Waals surface area contributed by atoms with Gasteiger partial charge in [-0.15, -0.1) is 0 Å². The molecule has 0 bridgehead atoms. The molecule has 1 aromatic rings. The average molecular weight is 216 g/mol. The Kier molecular flexibility index (Phi) is 1.91. The second-order valence-corrected chi connectivity index (χ2v) is 5.18. The summed E-state index contributed by atoms with van der Waals surface area (Å²) in [7, 11) is 0. The lowest BCUT2D eigenvalue weighted by molar-refractivity contribution is 0.00568. The average Bonchev–Trinajstić information content (AvgIpc) is 2.56. The molecule has 2 nitrogen and oxygen atoms in total. The molecule has 1 heterocycles. The molecule has 2 aliphatic rings. The number of hydrogen-bond donors (Lipinski definition) is 0. The van der Waals surface area contributed by atoms with Crippen molar-refractivity contribution in [3.63, 3.8) is 0 Å². The molecule has 0 N–H and O–H groups in total. The minimum absolute atomic E-state index is 0.0531. The lowest BCUT2D eigenvalue weighted by Gasteiger charge is -2.39. The maximum Gasteiger partial charge on any atom is 0.173 e. The molecule has 1 aromatic carbocycles. The quantitative estimate of drug-likeness (QED) is 0.666. The van der Waals surface area contributed by atoms with E-state index in [1.165, 1.54) is 0 Å². The van der Waals surface area contributed by atoms with Gasteiger partial charge < -0.3 is 4.74 Å². The lowest BCUT2D eigenvalue weighted by atomic mass is 9.79. The minimum atomic E-state index is -0.286. The van der Waals surface area contributed by atoms with Crippen LogP contribution in [-0.2, 0) is 0 Å². The maximum absolute atomic E-state index is 12.4. The number of Topliss-reactive ketones (excluding diaryl/α,β-unsaturated/α-hetero) is 1. The van der Waals surface area contributed by atoms with Crippen LogP contribution in [0.25, 0.3) is 0 Å². The molecule has 1 aliphatic carbocycles. The van der Waals surface area contributed by atoms with E-state index in [4.69, 9.17) is 4.74 Å². The highest BCUT2D eigenvalue weighted by molar-refractivity contribution is 6.02. The Bertz CT molecular complexity index is 452. The molecule has 3 rings (SSSR count). The fourth-order valence-electron chi connectivity index (χ4n) is 3.08. The Balaban J connectivity index is 2.13. The SMILES string of the molecule is C[C@@H]1CC[C@H]2C(=O)c3ccccc3O[C@@]12C. The highest BCUT2D eigenvalue weighted by Gasteiger charge is 2.53. The third kappa shape index (κ3) is 1.10. The number of hydrogen-bond acceptors (Lipinski definition) is 2. The van der Waals surface area contributed by atoms with Gasteiger partial charge in [-0.05, 0) is 37.8 Å². The van der Waals surface area contributed by atoms with Crippen molar-refractivity contribution < 1.29 is 9.53 Å². The molecule has 0 unspecified atom stereocenters. The normalized spacial score (nSPS) is 36.5. The molecule has 0 amide bonds. The summed E-state index contributed by atoms with van der Waals surface area (Å²) >= 11 is 0. The summed E-state index contributed by atoms with van der Waals surface area (Å²) in [5.41, 5.74) is 0.477. The van der Waals surface area contributed by atoms with Crippen LogP contribution in [0.4, 0.5) is 0 Å². The summed E-state index contributed by atoms with van der Waals surface area (Å²) in [4.78, 5) is 12.4. The van der Waals surface area contributed by atoms with Crippen LogP contribution in [0.15, 0.2) is 24.3 Å². The topological polar surface area (TPSA) is 26.3 Å². The standard InChI is InChI=1S/C14H16O2/c1-9-7-8-11-13(15)10-5-3-4-6-12(10)16-14(9,11)2/h3-6,9,11H,7-8H2,1-2H3/t9-,11+,14+/m1/s1. The summed E-state index contributed by atoms with van der Waals surface area (Å²) in [6.45, 7) is 4.27. The van der Waals surface area contributed by atoms with Crippen LogP contribution in [0, 0.1) is 11.8 Å². The molecule has 1 aliphatic heterocycles. The van der Waals surface area contributed by atoms with Crippen molar-refractivity contribution in [1.82, 2.24) is 0 Å². The van der Waals surface area contributed by atoms with Crippen molar-refractivity contribution in [3.05, 3.63) is 29.8 Å². The molecular formula is C14H16O2. The van der Waals surface area contributed by atoms with E-state index in [0.717, 1.165) is 24.2 Å². The van der Waals surface area contributed by atoms with E-state index in [1.807, 2.05) is 24.3 Å². The van der Waals surface area contributed by atoms with Crippen molar-refractivity contribution in [3.8, 4) is 5.75 Å². The lowest BCUT2D eigenvalue weighted by Crippen LogP contribution is -2.48. The van der Waals surface area contributed by atoms with Crippen molar-refractivity contribution in [2.75, 3.05) is 0 Å². The summed E-state index contributed by atoms with van der Waals surface area (Å²) in [6.07, 6.45) is 2.05. The van der Waals surface area contributed by atoms with Gasteiger partial charge in [-0.3, -0.25) is 4.79 Å². The van der Waals surface area contributed by atoms with Crippen LogP contribution >= 0.6 is 0 Å². The van der Waals surface area contributed by atoms with Crippen LogP contribution in [0.2, 0.25) is 0 Å². The van der Waals surface area contributed by atoms with Gasteiger partial charge in [0, 0.05) is 0 Å². The van der Waals surface area contributed by atoms with E-state index in [-0.39, 0.29) is 17.3 Å². The summed E-state index contributed by atoms with van der Waals surface area (Å²) in [5.74, 6) is 1.54.